The third kappa shape index (κ3) is 3.18. The molecule has 5 nitrogen and oxygen atoms in total. The van der Waals surface area contributed by atoms with Gasteiger partial charge in [0.1, 0.15) is 0 Å². The number of anilines is 2. The summed E-state index contributed by atoms with van der Waals surface area (Å²) in [7, 11) is 0. The largest absolute Gasteiger partial charge is 0.321 e. The molecule has 1 heterocycles. The molecule has 0 aliphatic carbocycles. The standard InChI is InChI=1S/C21H12ClIN2O3/c22-16-11-12(25-20(27)13-5-1-2-6-14(13)21(25)28)9-10-18(16)24-19(26)15-7-3-4-8-17(15)23/h1-11H,(H,24,26). The third-order valence-electron chi connectivity index (χ3n) is 4.37. The quantitative estimate of drug-likeness (QED) is 0.405. The van der Waals surface area contributed by atoms with Crippen molar-refractivity contribution in [2.75, 3.05) is 10.2 Å². The summed E-state index contributed by atoms with van der Waals surface area (Å²) in [6.45, 7) is 0. The topological polar surface area (TPSA) is 66.5 Å². The van der Waals surface area contributed by atoms with Crippen LogP contribution < -0.4 is 10.2 Å². The molecule has 0 atom stereocenters. The summed E-state index contributed by atoms with van der Waals surface area (Å²) in [5, 5.41) is 2.99. The van der Waals surface area contributed by atoms with Crippen molar-refractivity contribution in [2.24, 2.45) is 0 Å². The summed E-state index contributed by atoms with van der Waals surface area (Å²) in [5.74, 6) is -1.08. The number of nitrogens with one attached hydrogen (secondary N) is 1. The molecule has 1 aliphatic rings. The van der Waals surface area contributed by atoms with Crippen LogP contribution in [0.5, 0.6) is 0 Å². The minimum Gasteiger partial charge on any atom is -0.321 e. The fourth-order valence-electron chi connectivity index (χ4n) is 3.00. The molecule has 28 heavy (non-hydrogen) atoms. The van der Waals surface area contributed by atoms with Crippen molar-refractivity contribution in [1.29, 1.82) is 0 Å². The van der Waals surface area contributed by atoms with Crippen LogP contribution in [0.2, 0.25) is 5.02 Å². The molecule has 0 unspecified atom stereocenters. The number of nitrogens with zero attached hydrogens (tertiary/aromatic N) is 1. The first-order valence-electron chi connectivity index (χ1n) is 8.30. The molecule has 0 radical (unpaired) electrons. The monoisotopic (exact) mass is 502 g/mol. The number of fused-ring (bicyclic) bond motifs is 1. The molecule has 1 aliphatic heterocycles. The molecule has 7 heteroatoms. The molecule has 3 aromatic rings. The molecule has 0 saturated heterocycles. The Morgan fingerprint density at radius 2 is 1.50 bits per heavy atom. The summed E-state index contributed by atoms with van der Waals surface area (Å²) < 4.78 is 0.816. The number of benzene rings is 3. The van der Waals surface area contributed by atoms with Crippen LogP contribution in [0.4, 0.5) is 11.4 Å². The summed E-state index contributed by atoms with van der Waals surface area (Å²) in [6, 6.07) is 18.5. The van der Waals surface area contributed by atoms with E-state index in [1.54, 1.807) is 48.5 Å². The van der Waals surface area contributed by atoms with Crippen molar-refractivity contribution in [3.8, 4) is 0 Å². The van der Waals surface area contributed by atoms with Gasteiger partial charge in [0.05, 0.1) is 33.1 Å². The maximum atomic E-state index is 12.6. The highest BCUT2D eigenvalue weighted by Crippen LogP contribution is 2.33. The molecule has 1 N–H and O–H groups in total. The summed E-state index contributed by atoms with van der Waals surface area (Å²) >= 11 is 8.41. The van der Waals surface area contributed by atoms with Gasteiger partial charge in [0.15, 0.2) is 0 Å². The lowest BCUT2D eigenvalue weighted by Gasteiger charge is -2.16. The zero-order valence-corrected chi connectivity index (χ0v) is 17.2. The zero-order valence-electron chi connectivity index (χ0n) is 14.3. The molecule has 3 aromatic carbocycles. The van der Waals surface area contributed by atoms with E-state index in [1.165, 1.54) is 6.07 Å². The van der Waals surface area contributed by atoms with Crippen LogP contribution in [0.3, 0.4) is 0 Å². The number of rotatable bonds is 3. The van der Waals surface area contributed by atoms with E-state index < -0.39 is 11.8 Å². The van der Waals surface area contributed by atoms with Crippen molar-refractivity contribution < 1.29 is 14.4 Å². The first-order chi connectivity index (χ1) is 13.5. The zero-order chi connectivity index (χ0) is 19.8. The minimum atomic E-state index is -0.396. The minimum absolute atomic E-state index is 0.230. The first kappa shape index (κ1) is 18.6. The van der Waals surface area contributed by atoms with Crippen molar-refractivity contribution >= 4 is 63.3 Å². The predicted molar refractivity (Wildman–Crippen MR) is 116 cm³/mol. The van der Waals surface area contributed by atoms with E-state index in [4.69, 9.17) is 11.6 Å². The Bertz CT molecular complexity index is 1110. The Morgan fingerprint density at radius 3 is 2.11 bits per heavy atom. The second-order valence-electron chi connectivity index (χ2n) is 6.09. The lowest BCUT2D eigenvalue weighted by Crippen LogP contribution is -2.29. The van der Waals surface area contributed by atoms with Crippen LogP contribution in [0, 0.1) is 3.57 Å². The Balaban J connectivity index is 1.61. The molecular weight excluding hydrogens is 491 g/mol. The molecule has 0 fully saturated rings. The molecule has 138 valence electrons. The molecule has 0 bridgehead atoms. The number of amides is 3. The van der Waals surface area contributed by atoms with Gasteiger partial charge in [-0.15, -0.1) is 0 Å². The fourth-order valence-corrected chi connectivity index (χ4v) is 3.86. The van der Waals surface area contributed by atoms with E-state index in [-0.39, 0.29) is 10.9 Å². The highest BCUT2D eigenvalue weighted by atomic mass is 127. The summed E-state index contributed by atoms with van der Waals surface area (Å²) in [4.78, 5) is 38.8. The van der Waals surface area contributed by atoms with Crippen LogP contribution >= 0.6 is 34.2 Å². The van der Waals surface area contributed by atoms with Gasteiger partial charge < -0.3 is 5.32 Å². The van der Waals surface area contributed by atoms with Gasteiger partial charge in [-0.3, -0.25) is 14.4 Å². The van der Waals surface area contributed by atoms with Crippen LogP contribution in [-0.4, -0.2) is 17.7 Å². The van der Waals surface area contributed by atoms with E-state index in [0.29, 0.717) is 28.1 Å². The lowest BCUT2D eigenvalue weighted by molar-refractivity contribution is 0.0924. The Morgan fingerprint density at radius 1 is 0.893 bits per heavy atom. The second kappa shape index (κ2) is 7.37. The number of carbonyl (C=O) groups excluding carboxylic acids is 3. The normalized spacial score (nSPS) is 12.9. The molecule has 0 spiro atoms. The molecule has 3 amide bonds. The van der Waals surface area contributed by atoms with Crippen LogP contribution in [0.25, 0.3) is 0 Å². The van der Waals surface area contributed by atoms with Crippen LogP contribution in [0.15, 0.2) is 66.7 Å². The predicted octanol–water partition coefficient (Wildman–Crippen LogP) is 5.00. The van der Waals surface area contributed by atoms with Crippen LogP contribution in [0.1, 0.15) is 31.1 Å². The van der Waals surface area contributed by atoms with Gasteiger partial charge in [-0.05, 0) is 65.1 Å². The second-order valence-corrected chi connectivity index (χ2v) is 7.66. The van der Waals surface area contributed by atoms with Gasteiger partial charge in [0, 0.05) is 3.57 Å². The average molecular weight is 503 g/mol. The van der Waals surface area contributed by atoms with Gasteiger partial charge in [-0.2, -0.15) is 0 Å². The number of hydrogen-bond acceptors (Lipinski definition) is 3. The average Bonchev–Trinajstić information content (AvgIpc) is 2.95. The van der Waals surface area contributed by atoms with Crippen molar-refractivity contribution in [2.45, 2.75) is 0 Å². The van der Waals surface area contributed by atoms with Gasteiger partial charge in [-0.25, -0.2) is 4.90 Å². The number of imide groups is 1. The first-order valence-corrected chi connectivity index (χ1v) is 9.76. The molecule has 4 rings (SSSR count). The number of carbonyl (C=O) groups is 3. The van der Waals surface area contributed by atoms with Crippen LogP contribution in [-0.2, 0) is 0 Å². The summed E-state index contributed by atoms with van der Waals surface area (Å²) in [6.07, 6.45) is 0. The SMILES string of the molecule is O=C(Nc1ccc(N2C(=O)c3ccccc3C2=O)cc1Cl)c1ccccc1I. The molecular formula is C21H12ClIN2O3. The Labute approximate surface area is 179 Å². The lowest BCUT2D eigenvalue weighted by atomic mass is 10.1. The van der Waals surface area contributed by atoms with Gasteiger partial charge in [0.2, 0.25) is 0 Å². The molecule has 0 aromatic heterocycles. The Hall–Kier alpha value is -2.71. The number of hydrogen-bond donors (Lipinski definition) is 1. The van der Waals surface area contributed by atoms with Gasteiger partial charge in [0.25, 0.3) is 17.7 Å². The fraction of sp³-hybridized carbons (Fsp3) is 0. The van der Waals surface area contributed by atoms with E-state index in [2.05, 4.69) is 27.9 Å². The van der Waals surface area contributed by atoms with E-state index >= 15 is 0 Å². The van der Waals surface area contributed by atoms with E-state index in [9.17, 15) is 14.4 Å². The van der Waals surface area contributed by atoms with Crippen molar-refractivity contribution in [3.63, 3.8) is 0 Å². The smallest absolute Gasteiger partial charge is 0.266 e. The number of halogens is 2. The highest BCUT2D eigenvalue weighted by Gasteiger charge is 2.36. The highest BCUT2D eigenvalue weighted by molar-refractivity contribution is 14.1. The van der Waals surface area contributed by atoms with E-state index in [0.717, 1.165) is 8.47 Å². The van der Waals surface area contributed by atoms with Gasteiger partial charge >= 0.3 is 0 Å². The molecule has 0 saturated carbocycles. The van der Waals surface area contributed by atoms with Crippen molar-refractivity contribution in [3.05, 3.63) is 92.0 Å². The Kier molecular flexibility index (Phi) is 4.91. The maximum absolute atomic E-state index is 12.6. The summed E-state index contributed by atoms with van der Waals surface area (Å²) in [5.41, 5.74) is 2.00. The van der Waals surface area contributed by atoms with Crippen molar-refractivity contribution in [1.82, 2.24) is 0 Å². The van der Waals surface area contributed by atoms with Gasteiger partial charge in [-0.1, -0.05) is 35.9 Å². The third-order valence-corrected chi connectivity index (χ3v) is 5.63. The van der Waals surface area contributed by atoms with E-state index in [1.807, 2.05) is 12.1 Å². The maximum Gasteiger partial charge on any atom is 0.266 e.